The number of carbonyl (C=O) groups excluding carboxylic acids is 1. The van der Waals surface area contributed by atoms with E-state index in [4.69, 9.17) is 16.0 Å². The fourth-order valence-electron chi connectivity index (χ4n) is 2.35. The Bertz CT molecular complexity index is 728. The molecule has 0 aliphatic carbocycles. The van der Waals surface area contributed by atoms with Gasteiger partial charge in [0.05, 0.1) is 11.2 Å². The first-order chi connectivity index (χ1) is 11.1. The van der Waals surface area contributed by atoms with Gasteiger partial charge < -0.3 is 4.42 Å². The molecule has 0 radical (unpaired) electrons. The number of furan rings is 1. The van der Waals surface area contributed by atoms with Crippen molar-refractivity contribution in [2.75, 3.05) is 0 Å². The lowest BCUT2D eigenvalue weighted by Crippen LogP contribution is -2.41. The summed E-state index contributed by atoms with van der Waals surface area (Å²) in [4.78, 5) is 11.9. The van der Waals surface area contributed by atoms with Crippen LogP contribution in [0.15, 0.2) is 45.9 Å². The van der Waals surface area contributed by atoms with Crippen LogP contribution in [0.2, 0.25) is 5.02 Å². The van der Waals surface area contributed by atoms with E-state index < -0.39 is 0 Å². The zero-order valence-electron chi connectivity index (χ0n) is 12.5. The molecular weight excluding hydrogens is 316 g/mol. The van der Waals surface area contributed by atoms with Crippen LogP contribution in [0.5, 0.6) is 0 Å². The monoisotopic (exact) mass is 332 g/mol. The molecule has 1 saturated heterocycles. The molecule has 0 saturated carbocycles. The maximum absolute atomic E-state index is 11.9. The third-order valence-corrected chi connectivity index (χ3v) is 3.87. The third kappa shape index (κ3) is 3.79. The largest absolute Gasteiger partial charge is 0.455 e. The number of benzene rings is 1. The molecule has 6 nitrogen and oxygen atoms in total. The van der Waals surface area contributed by atoms with Gasteiger partial charge in [0.15, 0.2) is 0 Å². The maximum atomic E-state index is 11.9. The lowest BCUT2D eigenvalue weighted by molar-refractivity contribution is -0.122. The molecule has 7 heteroatoms. The molecular formula is C16H17ClN4O2. The molecule has 2 heterocycles. The van der Waals surface area contributed by atoms with E-state index in [9.17, 15) is 4.79 Å². The predicted molar refractivity (Wildman–Crippen MR) is 89.0 cm³/mol. The highest BCUT2D eigenvalue weighted by Gasteiger charge is 2.26. The fraction of sp³-hybridized carbons (Fsp3) is 0.250. The summed E-state index contributed by atoms with van der Waals surface area (Å²) < 4.78 is 5.66. The standard InChI is InChI=1S/C16H17ClN4O2/c1-10-8-14(20-19-10)16(22)21-18-9-11-6-7-15(23-11)12-4-2-3-5-13(12)17/h2-7,9-10,14,19-20H,8H2,1H3,(H,21,22)/b18-9+. The Morgan fingerprint density at radius 3 is 2.91 bits per heavy atom. The van der Waals surface area contributed by atoms with Crippen LogP contribution < -0.4 is 16.3 Å². The van der Waals surface area contributed by atoms with Gasteiger partial charge in [-0.15, -0.1) is 0 Å². The quantitative estimate of drug-likeness (QED) is 0.593. The minimum atomic E-state index is -0.280. The fourth-order valence-corrected chi connectivity index (χ4v) is 2.58. The highest BCUT2D eigenvalue weighted by atomic mass is 35.5. The number of rotatable bonds is 4. The van der Waals surface area contributed by atoms with Crippen molar-refractivity contribution in [3.8, 4) is 11.3 Å². The Labute approximate surface area is 138 Å². The summed E-state index contributed by atoms with van der Waals surface area (Å²) in [6, 6.07) is 11.0. The number of amides is 1. The lowest BCUT2D eigenvalue weighted by Gasteiger charge is -2.05. The normalized spacial score (nSPS) is 21.0. The summed E-state index contributed by atoms with van der Waals surface area (Å²) in [6.45, 7) is 2.00. The van der Waals surface area contributed by atoms with Crippen molar-refractivity contribution < 1.29 is 9.21 Å². The molecule has 1 aromatic carbocycles. The summed E-state index contributed by atoms with van der Waals surface area (Å²) in [5, 5.41) is 4.54. The molecule has 3 rings (SSSR count). The minimum Gasteiger partial charge on any atom is -0.455 e. The predicted octanol–water partition coefficient (Wildman–Crippen LogP) is 2.31. The summed E-state index contributed by atoms with van der Waals surface area (Å²) in [7, 11) is 0. The van der Waals surface area contributed by atoms with Gasteiger partial charge in [0.1, 0.15) is 17.6 Å². The molecule has 2 atom stereocenters. The number of hydrogen-bond acceptors (Lipinski definition) is 5. The number of carbonyl (C=O) groups is 1. The van der Waals surface area contributed by atoms with Gasteiger partial charge in [-0.25, -0.2) is 10.9 Å². The summed E-state index contributed by atoms with van der Waals surface area (Å²) in [5.74, 6) is 1.00. The van der Waals surface area contributed by atoms with Crippen LogP contribution in [-0.4, -0.2) is 24.2 Å². The van der Waals surface area contributed by atoms with Gasteiger partial charge in [-0.1, -0.05) is 23.7 Å². The highest BCUT2D eigenvalue weighted by molar-refractivity contribution is 6.33. The van der Waals surface area contributed by atoms with Gasteiger partial charge in [-0.3, -0.25) is 10.2 Å². The number of nitrogens with zero attached hydrogens (tertiary/aromatic N) is 1. The molecule has 1 amide bonds. The van der Waals surface area contributed by atoms with E-state index in [1.54, 1.807) is 12.1 Å². The zero-order valence-corrected chi connectivity index (χ0v) is 13.3. The number of nitrogens with one attached hydrogen (secondary N) is 3. The number of hydrazone groups is 1. The van der Waals surface area contributed by atoms with Crippen LogP contribution in [0.3, 0.4) is 0 Å². The van der Waals surface area contributed by atoms with E-state index in [0.29, 0.717) is 16.5 Å². The molecule has 1 aromatic heterocycles. The molecule has 2 aromatic rings. The number of halogens is 1. The van der Waals surface area contributed by atoms with Crippen molar-refractivity contribution >= 4 is 23.7 Å². The summed E-state index contributed by atoms with van der Waals surface area (Å²) in [6.07, 6.45) is 2.18. The second-order valence-electron chi connectivity index (χ2n) is 5.39. The van der Waals surface area contributed by atoms with Gasteiger partial charge in [0, 0.05) is 11.6 Å². The summed E-state index contributed by atoms with van der Waals surface area (Å²) in [5.41, 5.74) is 9.21. The Balaban J connectivity index is 1.61. The van der Waals surface area contributed by atoms with Crippen molar-refractivity contribution in [3.05, 3.63) is 47.2 Å². The molecule has 2 unspecified atom stereocenters. The Morgan fingerprint density at radius 1 is 1.35 bits per heavy atom. The van der Waals surface area contributed by atoms with Gasteiger partial charge in [-0.2, -0.15) is 5.10 Å². The lowest BCUT2D eigenvalue weighted by atomic mass is 10.1. The Hall–Kier alpha value is -2.15. The van der Waals surface area contributed by atoms with Gasteiger partial charge in [0.2, 0.25) is 0 Å². The average molecular weight is 333 g/mol. The molecule has 0 spiro atoms. The van der Waals surface area contributed by atoms with E-state index in [-0.39, 0.29) is 18.0 Å². The Morgan fingerprint density at radius 2 is 2.17 bits per heavy atom. The first-order valence-electron chi connectivity index (χ1n) is 7.32. The van der Waals surface area contributed by atoms with Crippen molar-refractivity contribution in [2.45, 2.75) is 25.4 Å². The Kier molecular flexibility index (Phi) is 4.76. The van der Waals surface area contributed by atoms with Crippen molar-refractivity contribution in [2.24, 2.45) is 5.10 Å². The molecule has 0 bridgehead atoms. The van der Waals surface area contributed by atoms with E-state index in [2.05, 4.69) is 21.4 Å². The molecule has 3 N–H and O–H groups in total. The number of hydrazine groups is 1. The van der Waals surface area contributed by atoms with E-state index in [1.165, 1.54) is 6.21 Å². The molecule has 120 valence electrons. The van der Waals surface area contributed by atoms with Crippen LogP contribution in [0.4, 0.5) is 0 Å². The van der Waals surface area contributed by atoms with Crippen LogP contribution in [0.1, 0.15) is 19.1 Å². The van der Waals surface area contributed by atoms with Crippen molar-refractivity contribution in [1.29, 1.82) is 0 Å². The second kappa shape index (κ2) is 6.95. The first kappa shape index (κ1) is 15.7. The zero-order chi connectivity index (χ0) is 16.2. The van der Waals surface area contributed by atoms with Crippen LogP contribution >= 0.6 is 11.6 Å². The van der Waals surface area contributed by atoms with E-state index >= 15 is 0 Å². The van der Waals surface area contributed by atoms with Gasteiger partial charge >= 0.3 is 0 Å². The van der Waals surface area contributed by atoms with E-state index in [1.807, 2.05) is 31.2 Å². The smallest absolute Gasteiger partial charge is 0.258 e. The average Bonchev–Trinajstić information content (AvgIpc) is 3.17. The minimum absolute atomic E-state index is 0.184. The third-order valence-electron chi connectivity index (χ3n) is 3.54. The summed E-state index contributed by atoms with van der Waals surface area (Å²) >= 11 is 6.13. The maximum Gasteiger partial charge on any atom is 0.258 e. The van der Waals surface area contributed by atoms with E-state index in [0.717, 1.165) is 12.0 Å². The molecule has 1 fully saturated rings. The second-order valence-corrected chi connectivity index (χ2v) is 5.80. The topological polar surface area (TPSA) is 78.7 Å². The van der Waals surface area contributed by atoms with Gasteiger partial charge in [-0.05, 0) is 37.6 Å². The number of hydrogen-bond donors (Lipinski definition) is 3. The van der Waals surface area contributed by atoms with Gasteiger partial charge in [0.25, 0.3) is 5.91 Å². The van der Waals surface area contributed by atoms with Crippen LogP contribution in [-0.2, 0) is 4.79 Å². The molecule has 1 aliphatic heterocycles. The van der Waals surface area contributed by atoms with Crippen molar-refractivity contribution in [1.82, 2.24) is 16.3 Å². The molecule has 23 heavy (non-hydrogen) atoms. The van der Waals surface area contributed by atoms with Crippen LogP contribution in [0.25, 0.3) is 11.3 Å². The van der Waals surface area contributed by atoms with Crippen LogP contribution in [0, 0.1) is 0 Å². The van der Waals surface area contributed by atoms with Crippen molar-refractivity contribution in [3.63, 3.8) is 0 Å². The highest BCUT2D eigenvalue weighted by Crippen LogP contribution is 2.28. The molecule has 1 aliphatic rings. The SMILES string of the molecule is CC1CC(C(=O)N/N=C/c2ccc(-c3ccccc3Cl)o2)NN1. The first-order valence-corrected chi connectivity index (χ1v) is 7.70.